The molecule has 1 aromatic carbocycles. The lowest BCUT2D eigenvalue weighted by Gasteiger charge is -2.24. The summed E-state index contributed by atoms with van der Waals surface area (Å²) in [5.74, 6) is -0.160. The lowest BCUT2D eigenvalue weighted by molar-refractivity contribution is -0.126. The molecule has 2 rings (SSSR count). The third-order valence-corrected chi connectivity index (χ3v) is 4.62. The molecule has 1 unspecified atom stereocenters. The van der Waals surface area contributed by atoms with Gasteiger partial charge in [0.25, 0.3) is 0 Å². The van der Waals surface area contributed by atoms with Crippen molar-refractivity contribution in [3.63, 3.8) is 0 Å². The number of aromatic nitrogens is 1. The zero-order valence-corrected chi connectivity index (χ0v) is 15.9. The molecule has 7 heteroatoms. The number of rotatable bonds is 5. The van der Waals surface area contributed by atoms with Crippen LogP contribution in [0.5, 0.6) is 0 Å². The Balaban J connectivity index is 0.00000242. The van der Waals surface area contributed by atoms with Gasteiger partial charge in [-0.1, -0.05) is 30.3 Å². The summed E-state index contributed by atoms with van der Waals surface area (Å²) in [7, 11) is 0. The molecule has 0 saturated heterocycles. The SMILES string of the molecule is Cc1nc(C)c(CCNC(=O)C(C)(N)c2ccccc2)s1.Cl.Cl. The summed E-state index contributed by atoms with van der Waals surface area (Å²) < 4.78 is 0. The number of nitrogens with two attached hydrogens (primary N) is 1. The summed E-state index contributed by atoms with van der Waals surface area (Å²) in [6.45, 7) is 6.30. The van der Waals surface area contributed by atoms with Crippen molar-refractivity contribution in [2.75, 3.05) is 6.54 Å². The minimum absolute atomic E-state index is 0. The van der Waals surface area contributed by atoms with Crippen LogP contribution in [0, 0.1) is 13.8 Å². The number of thiazole rings is 1. The number of nitrogens with zero attached hydrogens (tertiary/aromatic N) is 1. The molecule has 0 saturated carbocycles. The van der Waals surface area contributed by atoms with E-state index in [0.29, 0.717) is 6.54 Å². The van der Waals surface area contributed by atoms with Crippen molar-refractivity contribution in [1.29, 1.82) is 0 Å². The van der Waals surface area contributed by atoms with Crippen LogP contribution in [0.15, 0.2) is 30.3 Å². The molecule has 23 heavy (non-hydrogen) atoms. The maximum Gasteiger partial charge on any atom is 0.244 e. The van der Waals surface area contributed by atoms with Gasteiger partial charge in [0.2, 0.25) is 5.91 Å². The summed E-state index contributed by atoms with van der Waals surface area (Å²) in [6, 6.07) is 9.42. The monoisotopic (exact) mass is 375 g/mol. The van der Waals surface area contributed by atoms with Gasteiger partial charge >= 0.3 is 0 Å². The minimum atomic E-state index is -1.01. The van der Waals surface area contributed by atoms with Gasteiger partial charge in [0.05, 0.1) is 10.7 Å². The van der Waals surface area contributed by atoms with Crippen LogP contribution in [0.1, 0.15) is 28.1 Å². The van der Waals surface area contributed by atoms with E-state index in [1.807, 2.05) is 44.2 Å². The van der Waals surface area contributed by atoms with Crippen LogP contribution in [0.3, 0.4) is 0 Å². The van der Waals surface area contributed by atoms with E-state index < -0.39 is 5.54 Å². The molecule has 0 radical (unpaired) electrons. The van der Waals surface area contributed by atoms with Crippen LogP contribution in [-0.2, 0) is 16.8 Å². The minimum Gasteiger partial charge on any atom is -0.354 e. The van der Waals surface area contributed by atoms with Crippen LogP contribution >= 0.6 is 36.2 Å². The highest BCUT2D eigenvalue weighted by Crippen LogP contribution is 2.19. The third kappa shape index (κ3) is 5.46. The number of amides is 1. The second kappa shape index (κ2) is 9.23. The Morgan fingerprint density at radius 1 is 1.26 bits per heavy atom. The lowest BCUT2D eigenvalue weighted by Crippen LogP contribution is -2.49. The highest BCUT2D eigenvalue weighted by molar-refractivity contribution is 7.11. The van der Waals surface area contributed by atoms with Gasteiger partial charge in [0, 0.05) is 17.8 Å². The Morgan fingerprint density at radius 2 is 1.87 bits per heavy atom. The van der Waals surface area contributed by atoms with Crippen molar-refractivity contribution in [3.05, 3.63) is 51.5 Å². The maximum absolute atomic E-state index is 12.3. The number of hydrogen-bond acceptors (Lipinski definition) is 4. The van der Waals surface area contributed by atoms with E-state index in [1.165, 1.54) is 4.88 Å². The number of nitrogens with one attached hydrogen (secondary N) is 1. The first-order valence-electron chi connectivity index (χ1n) is 6.97. The van der Waals surface area contributed by atoms with Crippen LogP contribution in [0.25, 0.3) is 0 Å². The lowest BCUT2D eigenvalue weighted by atomic mass is 9.92. The molecule has 128 valence electrons. The fraction of sp³-hybridized carbons (Fsp3) is 0.375. The van der Waals surface area contributed by atoms with Crippen molar-refractivity contribution < 1.29 is 4.79 Å². The van der Waals surface area contributed by atoms with Gasteiger partial charge in [0.1, 0.15) is 5.54 Å². The van der Waals surface area contributed by atoms with Crippen LogP contribution in [-0.4, -0.2) is 17.4 Å². The number of carbonyl (C=O) groups excluding carboxylic acids is 1. The van der Waals surface area contributed by atoms with Crippen LogP contribution < -0.4 is 11.1 Å². The zero-order valence-electron chi connectivity index (χ0n) is 13.5. The molecule has 0 fully saturated rings. The van der Waals surface area contributed by atoms with Gasteiger partial charge in [-0.05, 0) is 26.3 Å². The second-order valence-electron chi connectivity index (χ2n) is 5.32. The predicted octanol–water partition coefficient (Wildman–Crippen LogP) is 3.14. The van der Waals surface area contributed by atoms with Crippen molar-refractivity contribution in [2.24, 2.45) is 5.73 Å². The molecule has 4 nitrogen and oxygen atoms in total. The number of hydrogen-bond donors (Lipinski definition) is 2. The van der Waals surface area contributed by atoms with E-state index in [4.69, 9.17) is 5.73 Å². The maximum atomic E-state index is 12.3. The Kier molecular flexibility index (Phi) is 8.77. The van der Waals surface area contributed by atoms with Gasteiger partial charge in [-0.3, -0.25) is 4.79 Å². The van der Waals surface area contributed by atoms with Crippen LogP contribution in [0.2, 0.25) is 0 Å². The van der Waals surface area contributed by atoms with E-state index in [2.05, 4.69) is 10.3 Å². The molecule has 0 bridgehead atoms. The quantitative estimate of drug-likeness (QED) is 0.843. The summed E-state index contributed by atoms with van der Waals surface area (Å²) in [6.07, 6.45) is 0.786. The first-order valence-corrected chi connectivity index (χ1v) is 7.78. The molecule has 0 spiro atoms. The standard InChI is InChI=1S/C16H21N3OS.2ClH/c1-11-14(21-12(2)19-11)9-10-18-15(20)16(3,17)13-7-5-4-6-8-13;;/h4-8H,9-10,17H2,1-3H3,(H,18,20);2*1H. The van der Waals surface area contributed by atoms with E-state index in [0.717, 1.165) is 22.7 Å². The zero-order chi connectivity index (χ0) is 15.5. The average Bonchev–Trinajstić information content (AvgIpc) is 2.78. The number of benzene rings is 1. The summed E-state index contributed by atoms with van der Waals surface area (Å²) in [4.78, 5) is 17.9. The van der Waals surface area contributed by atoms with E-state index >= 15 is 0 Å². The van der Waals surface area contributed by atoms with E-state index in [1.54, 1.807) is 18.3 Å². The first kappa shape index (κ1) is 21.9. The number of aryl methyl sites for hydroxylation is 2. The molecule has 2 aromatic rings. The first-order chi connectivity index (χ1) is 9.91. The van der Waals surface area contributed by atoms with Crippen LogP contribution in [0.4, 0.5) is 0 Å². The molecule has 3 N–H and O–H groups in total. The van der Waals surface area contributed by atoms with Gasteiger partial charge in [-0.15, -0.1) is 36.2 Å². The Hall–Kier alpha value is -1.14. The molecule has 0 aliphatic rings. The predicted molar refractivity (Wildman–Crippen MR) is 101 cm³/mol. The Labute approximate surface area is 153 Å². The molecule has 1 amide bonds. The molecule has 1 atom stereocenters. The third-order valence-electron chi connectivity index (χ3n) is 3.48. The molecule has 0 aliphatic carbocycles. The summed E-state index contributed by atoms with van der Waals surface area (Å²) in [5.41, 5.74) is 7.02. The smallest absolute Gasteiger partial charge is 0.244 e. The molecule has 1 aromatic heterocycles. The van der Waals surface area contributed by atoms with E-state index in [9.17, 15) is 4.79 Å². The van der Waals surface area contributed by atoms with Crippen molar-refractivity contribution in [3.8, 4) is 0 Å². The summed E-state index contributed by atoms with van der Waals surface area (Å²) >= 11 is 1.68. The topological polar surface area (TPSA) is 68.0 Å². The highest BCUT2D eigenvalue weighted by Gasteiger charge is 2.29. The second-order valence-corrected chi connectivity index (χ2v) is 6.60. The molecule has 0 aliphatic heterocycles. The van der Waals surface area contributed by atoms with Gasteiger partial charge < -0.3 is 11.1 Å². The fourth-order valence-electron chi connectivity index (χ4n) is 2.19. The van der Waals surface area contributed by atoms with Gasteiger partial charge in [-0.25, -0.2) is 4.98 Å². The molecular weight excluding hydrogens is 353 g/mol. The fourth-order valence-corrected chi connectivity index (χ4v) is 3.13. The number of halogens is 2. The van der Waals surface area contributed by atoms with E-state index in [-0.39, 0.29) is 30.7 Å². The van der Waals surface area contributed by atoms with Crippen molar-refractivity contribution in [2.45, 2.75) is 32.7 Å². The van der Waals surface area contributed by atoms with Crippen molar-refractivity contribution in [1.82, 2.24) is 10.3 Å². The number of carbonyl (C=O) groups is 1. The largest absolute Gasteiger partial charge is 0.354 e. The Bertz CT molecular complexity index is 630. The highest BCUT2D eigenvalue weighted by atomic mass is 35.5. The Morgan fingerprint density at radius 3 is 2.39 bits per heavy atom. The normalized spacial score (nSPS) is 12.5. The van der Waals surface area contributed by atoms with Gasteiger partial charge in [-0.2, -0.15) is 0 Å². The average molecular weight is 376 g/mol. The molecular formula is C16H23Cl2N3OS. The summed E-state index contributed by atoms with van der Waals surface area (Å²) in [5, 5.41) is 3.98. The van der Waals surface area contributed by atoms with Crippen molar-refractivity contribution >= 4 is 42.1 Å². The molecule has 1 heterocycles. The van der Waals surface area contributed by atoms with Gasteiger partial charge in [0.15, 0.2) is 0 Å².